The summed E-state index contributed by atoms with van der Waals surface area (Å²) in [7, 11) is 1.43. The Bertz CT molecular complexity index is 1550. The molecule has 0 bridgehead atoms. The summed E-state index contributed by atoms with van der Waals surface area (Å²) in [4.78, 5) is 49.6. The Kier molecular flexibility index (Phi) is 6.90. The van der Waals surface area contributed by atoms with E-state index in [0.29, 0.717) is 38.6 Å². The Morgan fingerprint density at radius 1 is 1.08 bits per heavy atom. The summed E-state index contributed by atoms with van der Waals surface area (Å²) in [5, 5.41) is 13.0. The van der Waals surface area contributed by atoms with Gasteiger partial charge >= 0.3 is 6.03 Å². The van der Waals surface area contributed by atoms with Crippen molar-refractivity contribution in [3.05, 3.63) is 85.9 Å². The minimum Gasteiger partial charge on any atom is -0.493 e. The lowest BCUT2D eigenvalue weighted by Crippen LogP contribution is -2.54. The van der Waals surface area contributed by atoms with Crippen LogP contribution in [0.15, 0.2) is 64.6 Å². The average Bonchev–Trinajstić information content (AvgIpc) is 3.38. The number of methoxy groups -OCH3 is 1. The van der Waals surface area contributed by atoms with Gasteiger partial charge in [-0.25, -0.2) is 9.69 Å². The van der Waals surface area contributed by atoms with Crippen LogP contribution in [0.2, 0.25) is 0 Å². The molecule has 0 atom stereocenters. The number of carbonyl (C=O) groups excluding carboxylic acids is 3. The maximum Gasteiger partial charge on any atom is 0.335 e. The molecule has 39 heavy (non-hydrogen) atoms. The van der Waals surface area contributed by atoms with E-state index in [1.807, 2.05) is 0 Å². The first-order valence-corrected chi connectivity index (χ1v) is 12.1. The van der Waals surface area contributed by atoms with Gasteiger partial charge < -0.3 is 18.9 Å². The molecule has 0 aromatic heterocycles. The number of urea groups is 1. The number of hydrogen-bond donors (Lipinski definition) is 1. The summed E-state index contributed by atoms with van der Waals surface area (Å²) in [5.41, 5.74) is 1.00. The standard InChI is InChI=1S/C26H18BrN3O9/c1-36-22-10-15(9-19(27)23(22)37-12-14-2-4-16(5-3-14)30(34)35)8-18-24(31)28-26(33)29(25(18)32)17-6-7-20-21(11-17)39-13-38-20/h2-11H,12-13H2,1H3,(H,28,31,33)/b18-8+. The topological polar surface area (TPSA) is 147 Å². The number of amides is 4. The molecule has 2 aliphatic heterocycles. The highest BCUT2D eigenvalue weighted by Crippen LogP contribution is 2.39. The van der Waals surface area contributed by atoms with E-state index < -0.39 is 22.8 Å². The highest BCUT2D eigenvalue weighted by Gasteiger charge is 2.37. The third-order valence-electron chi connectivity index (χ3n) is 5.81. The zero-order valence-electron chi connectivity index (χ0n) is 20.1. The number of nitrogens with zero attached hydrogens (tertiary/aromatic N) is 2. The SMILES string of the molecule is COc1cc(/C=C2\C(=O)NC(=O)N(c3ccc4c(c3)OCO4)C2=O)cc(Br)c1OCc1ccc([N+](=O)[O-])cc1. The van der Waals surface area contributed by atoms with Crippen molar-refractivity contribution in [1.29, 1.82) is 0 Å². The molecule has 1 fully saturated rings. The Morgan fingerprint density at radius 3 is 2.54 bits per heavy atom. The van der Waals surface area contributed by atoms with E-state index in [1.54, 1.807) is 30.3 Å². The van der Waals surface area contributed by atoms with E-state index in [-0.39, 0.29) is 30.3 Å². The van der Waals surface area contributed by atoms with Crippen LogP contribution in [-0.4, -0.2) is 36.7 Å². The second-order valence-corrected chi connectivity index (χ2v) is 9.10. The molecule has 0 aliphatic carbocycles. The lowest BCUT2D eigenvalue weighted by molar-refractivity contribution is -0.384. The van der Waals surface area contributed by atoms with Gasteiger partial charge in [0.05, 0.1) is 22.2 Å². The summed E-state index contributed by atoms with van der Waals surface area (Å²) >= 11 is 3.43. The first-order chi connectivity index (χ1) is 18.7. The van der Waals surface area contributed by atoms with Crippen LogP contribution in [0.25, 0.3) is 6.08 Å². The molecule has 0 radical (unpaired) electrons. The molecule has 5 rings (SSSR count). The van der Waals surface area contributed by atoms with Crippen molar-refractivity contribution < 1.29 is 38.3 Å². The van der Waals surface area contributed by atoms with Crippen LogP contribution in [0.3, 0.4) is 0 Å². The molecule has 3 aromatic rings. The minimum absolute atomic E-state index is 0.0207. The number of non-ortho nitro benzene ring substituents is 1. The van der Waals surface area contributed by atoms with E-state index in [2.05, 4.69) is 21.2 Å². The number of nitro groups is 1. The number of anilines is 1. The molecule has 198 valence electrons. The molecule has 1 saturated heterocycles. The van der Waals surface area contributed by atoms with Gasteiger partial charge in [0, 0.05) is 18.2 Å². The Morgan fingerprint density at radius 2 is 1.82 bits per heavy atom. The highest BCUT2D eigenvalue weighted by atomic mass is 79.9. The van der Waals surface area contributed by atoms with Crippen LogP contribution in [0.1, 0.15) is 11.1 Å². The molecule has 2 aliphatic rings. The van der Waals surface area contributed by atoms with Gasteiger partial charge in [-0.1, -0.05) is 0 Å². The summed E-state index contributed by atoms with van der Waals surface area (Å²) in [6.07, 6.45) is 1.33. The van der Waals surface area contributed by atoms with Crippen LogP contribution in [0.4, 0.5) is 16.2 Å². The Labute approximate surface area is 229 Å². The van der Waals surface area contributed by atoms with Gasteiger partial charge in [0.15, 0.2) is 23.0 Å². The molecule has 2 heterocycles. The maximum absolute atomic E-state index is 13.3. The quantitative estimate of drug-likeness (QED) is 0.182. The van der Waals surface area contributed by atoms with Crippen molar-refractivity contribution in [2.24, 2.45) is 0 Å². The Hall–Kier alpha value is -4.91. The summed E-state index contributed by atoms with van der Waals surface area (Å²) in [6, 6.07) is 12.8. The van der Waals surface area contributed by atoms with E-state index in [1.165, 1.54) is 37.5 Å². The second kappa shape index (κ2) is 10.5. The van der Waals surface area contributed by atoms with Crippen LogP contribution in [-0.2, 0) is 16.2 Å². The maximum atomic E-state index is 13.3. The van der Waals surface area contributed by atoms with E-state index in [0.717, 1.165) is 4.90 Å². The smallest absolute Gasteiger partial charge is 0.335 e. The molecular weight excluding hydrogens is 578 g/mol. The zero-order chi connectivity index (χ0) is 27.7. The number of nitrogens with one attached hydrogen (secondary N) is 1. The number of imide groups is 2. The lowest BCUT2D eigenvalue weighted by Gasteiger charge is -2.26. The number of nitro benzene ring substituents is 1. The van der Waals surface area contributed by atoms with E-state index in [9.17, 15) is 24.5 Å². The fraction of sp³-hybridized carbons (Fsp3) is 0.115. The third-order valence-corrected chi connectivity index (χ3v) is 6.40. The predicted octanol–water partition coefficient (Wildman–Crippen LogP) is 4.34. The number of barbiturate groups is 1. The molecule has 4 amide bonds. The largest absolute Gasteiger partial charge is 0.493 e. The molecule has 12 nitrogen and oxygen atoms in total. The first kappa shape index (κ1) is 25.7. The number of halogens is 1. The van der Waals surface area contributed by atoms with Gasteiger partial charge in [-0.15, -0.1) is 0 Å². The first-order valence-electron chi connectivity index (χ1n) is 11.3. The second-order valence-electron chi connectivity index (χ2n) is 8.24. The van der Waals surface area contributed by atoms with Crippen LogP contribution in [0.5, 0.6) is 23.0 Å². The molecule has 3 aromatic carbocycles. The molecule has 1 N–H and O–H groups in total. The number of rotatable bonds is 7. The molecule has 13 heteroatoms. The van der Waals surface area contributed by atoms with Crippen LogP contribution < -0.4 is 29.2 Å². The number of ether oxygens (including phenoxy) is 4. The molecular formula is C26H18BrN3O9. The van der Waals surface area contributed by atoms with E-state index >= 15 is 0 Å². The van der Waals surface area contributed by atoms with Crippen molar-refractivity contribution in [3.8, 4) is 23.0 Å². The van der Waals surface area contributed by atoms with Gasteiger partial charge in [-0.3, -0.25) is 25.0 Å². The highest BCUT2D eigenvalue weighted by molar-refractivity contribution is 9.10. The molecule has 0 spiro atoms. The van der Waals surface area contributed by atoms with Gasteiger partial charge in [0.25, 0.3) is 17.5 Å². The van der Waals surface area contributed by atoms with Gasteiger partial charge in [0.2, 0.25) is 6.79 Å². The summed E-state index contributed by atoms with van der Waals surface area (Å²) in [5.74, 6) is -0.191. The normalized spacial score (nSPS) is 15.4. The van der Waals surface area contributed by atoms with Gasteiger partial charge in [-0.05, 0) is 69.5 Å². The van der Waals surface area contributed by atoms with Crippen molar-refractivity contribution in [2.75, 3.05) is 18.8 Å². The number of hydrogen-bond acceptors (Lipinski definition) is 9. The number of fused-ring (bicyclic) bond motifs is 1. The Balaban J connectivity index is 1.40. The lowest BCUT2D eigenvalue weighted by atomic mass is 10.1. The third kappa shape index (κ3) is 5.11. The van der Waals surface area contributed by atoms with Crippen molar-refractivity contribution in [1.82, 2.24) is 5.32 Å². The fourth-order valence-electron chi connectivity index (χ4n) is 3.92. The summed E-state index contributed by atoms with van der Waals surface area (Å²) < 4.78 is 22.4. The number of carbonyl (C=O) groups is 3. The van der Waals surface area contributed by atoms with Crippen molar-refractivity contribution in [3.63, 3.8) is 0 Å². The van der Waals surface area contributed by atoms with E-state index in [4.69, 9.17) is 18.9 Å². The molecule has 0 saturated carbocycles. The predicted molar refractivity (Wildman–Crippen MR) is 140 cm³/mol. The number of benzene rings is 3. The summed E-state index contributed by atoms with van der Waals surface area (Å²) in [6.45, 7) is 0.119. The van der Waals surface area contributed by atoms with Crippen molar-refractivity contribution >= 4 is 51.2 Å². The van der Waals surface area contributed by atoms with Crippen LogP contribution in [0, 0.1) is 10.1 Å². The average molecular weight is 596 g/mol. The van der Waals surface area contributed by atoms with Crippen LogP contribution >= 0.6 is 15.9 Å². The fourth-order valence-corrected chi connectivity index (χ4v) is 4.49. The monoisotopic (exact) mass is 595 g/mol. The zero-order valence-corrected chi connectivity index (χ0v) is 21.7. The molecule has 0 unspecified atom stereocenters. The van der Waals surface area contributed by atoms with Gasteiger partial charge in [-0.2, -0.15) is 0 Å². The van der Waals surface area contributed by atoms with Crippen molar-refractivity contribution in [2.45, 2.75) is 6.61 Å². The van der Waals surface area contributed by atoms with Gasteiger partial charge in [0.1, 0.15) is 12.2 Å². The minimum atomic E-state index is -0.894.